The molecule has 3 N–H and O–H groups in total. The van der Waals surface area contributed by atoms with Crippen LogP contribution < -0.4 is 25.4 Å². The van der Waals surface area contributed by atoms with Gasteiger partial charge in [0, 0.05) is 31.5 Å². The highest BCUT2D eigenvalue weighted by molar-refractivity contribution is 6.00. The molecule has 0 bridgehead atoms. The number of ether oxygens (including phenoxy) is 3. The summed E-state index contributed by atoms with van der Waals surface area (Å²) in [4.78, 5) is 28.9. The first-order valence-electron chi connectivity index (χ1n) is 13.2. The van der Waals surface area contributed by atoms with Gasteiger partial charge in [0.25, 0.3) is 5.91 Å². The molecule has 0 saturated heterocycles. The predicted octanol–water partition coefficient (Wildman–Crippen LogP) is 5.95. The quantitative estimate of drug-likeness (QED) is 0.196. The van der Waals surface area contributed by atoms with E-state index in [0.29, 0.717) is 34.6 Å². The Morgan fingerprint density at radius 2 is 1.71 bits per heavy atom. The summed E-state index contributed by atoms with van der Waals surface area (Å²) in [7, 11) is 2.94. The van der Waals surface area contributed by atoms with Crippen LogP contribution in [0.15, 0.2) is 66.9 Å². The number of hydrogen-bond acceptors (Lipinski definition) is 7. The second-order valence-electron chi connectivity index (χ2n) is 9.27. The highest BCUT2D eigenvalue weighted by Gasteiger charge is 2.15. The van der Waals surface area contributed by atoms with Gasteiger partial charge in [-0.05, 0) is 50.1 Å². The lowest BCUT2D eigenvalue weighted by Crippen LogP contribution is -2.21. The van der Waals surface area contributed by atoms with Crippen LogP contribution in [0, 0.1) is 6.92 Å². The first-order chi connectivity index (χ1) is 19.9. The van der Waals surface area contributed by atoms with Gasteiger partial charge in [-0.15, -0.1) is 0 Å². The Bertz CT molecular complexity index is 1490. The number of hydrogen-bond donors (Lipinski definition) is 3. The van der Waals surface area contributed by atoms with Crippen molar-refractivity contribution in [2.75, 3.05) is 36.8 Å². The van der Waals surface area contributed by atoms with Crippen molar-refractivity contribution < 1.29 is 23.8 Å². The maximum absolute atomic E-state index is 13.1. The molecule has 0 spiro atoms. The molecule has 214 valence electrons. The van der Waals surface area contributed by atoms with Gasteiger partial charge in [0.2, 0.25) is 0 Å². The Morgan fingerprint density at radius 3 is 2.44 bits per heavy atom. The van der Waals surface area contributed by atoms with Crippen LogP contribution in [0.1, 0.15) is 31.0 Å². The number of carbonyl (C=O) groups is 2. The van der Waals surface area contributed by atoms with Gasteiger partial charge in [-0.2, -0.15) is 5.10 Å². The monoisotopic (exact) mass is 558 g/mol. The third-order valence-corrected chi connectivity index (χ3v) is 6.00. The molecule has 3 amide bonds. The second kappa shape index (κ2) is 13.9. The number of urea groups is 1. The molecule has 0 aliphatic carbocycles. The molecule has 0 aliphatic rings. The largest absolute Gasteiger partial charge is 0.494 e. The van der Waals surface area contributed by atoms with Crippen molar-refractivity contribution in [2.45, 2.75) is 33.1 Å². The van der Waals surface area contributed by atoms with Crippen LogP contribution in [0.4, 0.5) is 22.1 Å². The molecule has 2 aromatic carbocycles. The second-order valence-corrected chi connectivity index (χ2v) is 9.27. The van der Waals surface area contributed by atoms with E-state index in [1.54, 1.807) is 35.0 Å². The van der Waals surface area contributed by atoms with E-state index in [9.17, 15) is 9.59 Å². The molecule has 0 unspecified atom stereocenters. The van der Waals surface area contributed by atoms with Crippen LogP contribution in [-0.2, 0) is 16.0 Å². The first kappa shape index (κ1) is 29.1. The van der Waals surface area contributed by atoms with Crippen molar-refractivity contribution in [1.82, 2.24) is 14.8 Å². The molecule has 0 radical (unpaired) electrons. The molecule has 41 heavy (non-hydrogen) atoms. The molecule has 4 aromatic rings. The number of amides is 3. The van der Waals surface area contributed by atoms with E-state index in [2.05, 4.69) is 27.9 Å². The van der Waals surface area contributed by atoms with Gasteiger partial charge < -0.3 is 24.8 Å². The summed E-state index contributed by atoms with van der Waals surface area (Å²) in [5.41, 5.74) is 3.34. The average Bonchev–Trinajstić information content (AvgIpc) is 3.35. The number of anilines is 3. The lowest BCUT2D eigenvalue weighted by molar-refractivity contribution is -0.119. The maximum Gasteiger partial charge on any atom is 0.324 e. The first-order valence-corrected chi connectivity index (χ1v) is 13.2. The van der Waals surface area contributed by atoms with Crippen molar-refractivity contribution in [1.29, 1.82) is 0 Å². The zero-order chi connectivity index (χ0) is 29.2. The summed E-state index contributed by atoms with van der Waals surface area (Å²) >= 11 is 0. The minimum atomic E-state index is -0.446. The topological polar surface area (TPSA) is 129 Å². The van der Waals surface area contributed by atoms with Crippen molar-refractivity contribution in [3.8, 4) is 22.9 Å². The number of benzene rings is 2. The van der Waals surface area contributed by atoms with Crippen LogP contribution in [-0.4, -0.2) is 47.5 Å². The average molecular weight is 559 g/mol. The van der Waals surface area contributed by atoms with Crippen molar-refractivity contribution in [3.63, 3.8) is 0 Å². The molecule has 0 aliphatic heterocycles. The van der Waals surface area contributed by atoms with Gasteiger partial charge in [0.15, 0.2) is 0 Å². The van der Waals surface area contributed by atoms with E-state index in [0.717, 1.165) is 36.2 Å². The van der Waals surface area contributed by atoms with Gasteiger partial charge in [-0.3, -0.25) is 10.1 Å². The van der Waals surface area contributed by atoms with Crippen molar-refractivity contribution in [2.24, 2.45) is 0 Å². The van der Waals surface area contributed by atoms with Gasteiger partial charge >= 0.3 is 6.03 Å². The minimum Gasteiger partial charge on any atom is -0.494 e. The zero-order valence-corrected chi connectivity index (χ0v) is 23.6. The number of nitrogens with one attached hydrogen (secondary N) is 3. The fourth-order valence-corrected chi connectivity index (χ4v) is 3.98. The van der Waals surface area contributed by atoms with Crippen molar-refractivity contribution >= 4 is 29.3 Å². The van der Waals surface area contributed by atoms with E-state index in [-0.39, 0.29) is 12.5 Å². The number of aryl methyl sites for hydroxylation is 2. The van der Waals surface area contributed by atoms with Crippen LogP contribution in [0.5, 0.6) is 17.2 Å². The molecule has 2 aromatic heterocycles. The standard InChI is InChI=1S/C30H34N6O5/c1-5-6-7-21-16-28(36(35-21)22-10-8-20(2)9-11-22)34-30(38)32-25-13-12-23(17-26(25)40-4)41-24-14-15-31-27(18-24)33-29(37)19-39-3/h8-18H,5-7,19H2,1-4H3,(H,31,33,37)(H2,32,34,38). The number of pyridine rings is 1. The Morgan fingerprint density at radius 1 is 0.927 bits per heavy atom. The number of unbranched alkanes of at least 4 members (excludes halogenated alkanes) is 1. The Hall–Kier alpha value is -4.90. The van der Waals surface area contributed by atoms with Crippen LogP contribution in [0.3, 0.4) is 0 Å². The van der Waals surface area contributed by atoms with E-state index in [4.69, 9.17) is 19.3 Å². The lowest BCUT2D eigenvalue weighted by atomic mass is 10.2. The fourth-order valence-electron chi connectivity index (χ4n) is 3.98. The minimum absolute atomic E-state index is 0.0830. The Kier molecular flexibility index (Phi) is 9.89. The summed E-state index contributed by atoms with van der Waals surface area (Å²) in [5.74, 6) is 1.88. The van der Waals surface area contributed by atoms with E-state index in [1.165, 1.54) is 20.4 Å². The Balaban J connectivity index is 1.47. The molecule has 4 rings (SSSR count). The molecule has 11 nitrogen and oxygen atoms in total. The molecule has 0 saturated carbocycles. The highest BCUT2D eigenvalue weighted by Crippen LogP contribution is 2.32. The normalized spacial score (nSPS) is 10.6. The van der Waals surface area contributed by atoms with Gasteiger partial charge in [-0.1, -0.05) is 31.0 Å². The summed E-state index contributed by atoms with van der Waals surface area (Å²) in [5, 5.41) is 13.1. The highest BCUT2D eigenvalue weighted by atomic mass is 16.5. The number of carbonyl (C=O) groups excluding carboxylic acids is 2. The van der Waals surface area contributed by atoms with Crippen LogP contribution >= 0.6 is 0 Å². The fraction of sp³-hybridized carbons (Fsp3) is 0.267. The summed E-state index contributed by atoms with van der Waals surface area (Å²) < 4.78 is 18.0. The molecule has 0 atom stereocenters. The van der Waals surface area contributed by atoms with E-state index < -0.39 is 6.03 Å². The van der Waals surface area contributed by atoms with E-state index >= 15 is 0 Å². The van der Waals surface area contributed by atoms with Crippen LogP contribution in [0.2, 0.25) is 0 Å². The van der Waals surface area contributed by atoms with Gasteiger partial charge in [0.1, 0.15) is 35.5 Å². The lowest BCUT2D eigenvalue weighted by Gasteiger charge is -2.14. The zero-order valence-electron chi connectivity index (χ0n) is 23.6. The summed E-state index contributed by atoms with van der Waals surface area (Å²) in [6.07, 6.45) is 4.39. The van der Waals surface area contributed by atoms with Crippen LogP contribution in [0.25, 0.3) is 5.69 Å². The van der Waals surface area contributed by atoms with Gasteiger partial charge in [0.05, 0.1) is 24.2 Å². The molecular formula is C30H34N6O5. The Labute approximate surface area is 238 Å². The number of rotatable bonds is 12. The summed E-state index contributed by atoms with van der Waals surface area (Å²) in [6, 6.07) is 17.7. The molecular weight excluding hydrogens is 524 g/mol. The maximum atomic E-state index is 13.1. The third-order valence-electron chi connectivity index (χ3n) is 6.00. The molecule has 11 heteroatoms. The van der Waals surface area contributed by atoms with E-state index in [1.807, 2.05) is 37.3 Å². The number of aromatic nitrogens is 3. The van der Waals surface area contributed by atoms with Gasteiger partial charge in [-0.25, -0.2) is 14.5 Å². The van der Waals surface area contributed by atoms with Crippen molar-refractivity contribution in [3.05, 3.63) is 78.1 Å². The SMILES string of the molecule is CCCCc1cc(NC(=O)Nc2ccc(Oc3ccnc(NC(=O)COC)c3)cc2OC)n(-c2ccc(C)cc2)n1. The molecule has 0 fully saturated rings. The smallest absolute Gasteiger partial charge is 0.324 e. The number of nitrogens with zero attached hydrogens (tertiary/aromatic N) is 3. The molecule has 2 heterocycles. The predicted molar refractivity (Wildman–Crippen MR) is 157 cm³/mol. The number of methoxy groups -OCH3 is 2. The summed E-state index contributed by atoms with van der Waals surface area (Å²) in [6.45, 7) is 4.07. The third kappa shape index (κ3) is 8.05.